The van der Waals surface area contributed by atoms with Crippen molar-refractivity contribution in [3.8, 4) is 24.0 Å². The van der Waals surface area contributed by atoms with Crippen LogP contribution in [0.3, 0.4) is 0 Å². The molecule has 0 spiro atoms. The van der Waals surface area contributed by atoms with Gasteiger partial charge in [-0.05, 0) is 51.7 Å². The number of carbonyl (C=O) groups excluding carboxylic acids is 1. The summed E-state index contributed by atoms with van der Waals surface area (Å²) >= 11 is 0. The largest absolute Gasteiger partial charge is 0.476 e. The van der Waals surface area contributed by atoms with Gasteiger partial charge in [-0.3, -0.25) is 13.9 Å². The summed E-state index contributed by atoms with van der Waals surface area (Å²) in [6.45, 7) is 3.31. The van der Waals surface area contributed by atoms with E-state index < -0.39 is 49.1 Å². The molecule has 15 nitrogen and oxygen atoms in total. The van der Waals surface area contributed by atoms with Crippen LogP contribution in [-0.4, -0.2) is 77.6 Å². The molecule has 0 bridgehead atoms. The Balaban J connectivity index is 1.28. The number of aromatic nitrogens is 4. The van der Waals surface area contributed by atoms with Gasteiger partial charge in [-0.1, -0.05) is 30.5 Å². The molecule has 0 radical (unpaired) electrons. The monoisotopic (exact) mass is 660 g/mol. The van der Waals surface area contributed by atoms with Crippen LogP contribution in [0.2, 0.25) is 0 Å². The predicted molar refractivity (Wildman–Crippen MR) is 159 cm³/mol. The fourth-order valence-corrected chi connectivity index (χ4v) is 7.59. The molecule has 7 atom stereocenters. The number of nitrogens with one attached hydrogen (secondary N) is 1. The van der Waals surface area contributed by atoms with E-state index in [0.717, 1.165) is 30.2 Å². The molecule has 3 aliphatic rings. The number of halogens is 1. The maximum absolute atomic E-state index is 16.5. The van der Waals surface area contributed by atoms with Crippen molar-refractivity contribution in [1.82, 2.24) is 24.6 Å². The molecule has 2 saturated carbocycles. The molecule has 1 aliphatic heterocycles. The highest BCUT2D eigenvalue weighted by atomic mass is 31.2. The second-order valence-electron chi connectivity index (χ2n) is 11.4. The Morgan fingerprint density at radius 2 is 2.00 bits per heavy atom. The summed E-state index contributed by atoms with van der Waals surface area (Å²) < 4.78 is 59.6. The first-order chi connectivity index (χ1) is 21.9. The normalized spacial score (nSPS) is 31.0. The minimum Gasteiger partial charge on any atom is -0.476 e. The number of carbonyl (C=O) groups is 1. The van der Waals surface area contributed by atoms with Gasteiger partial charge in [0.15, 0.2) is 23.5 Å². The van der Waals surface area contributed by atoms with Crippen LogP contribution >= 0.6 is 7.75 Å². The molecule has 17 heteroatoms. The predicted octanol–water partition coefficient (Wildman–Crippen LogP) is 2.54. The molecule has 5 N–H and O–H groups in total. The number of anilines is 1. The number of nitrogen functional groups attached to an aromatic ring is 1. The molecule has 1 saturated heterocycles. The first-order valence-electron chi connectivity index (χ1n) is 14.8. The third-order valence-corrected chi connectivity index (χ3v) is 9.93. The Morgan fingerprint density at radius 3 is 2.67 bits per heavy atom. The van der Waals surface area contributed by atoms with Gasteiger partial charge in [-0.15, -0.1) is 6.42 Å². The number of imidazole rings is 1. The van der Waals surface area contributed by atoms with Crippen LogP contribution in [0, 0.1) is 12.3 Å². The van der Waals surface area contributed by atoms with Gasteiger partial charge < -0.3 is 34.7 Å². The second-order valence-corrected chi connectivity index (χ2v) is 13.0. The fraction of sp³-hybridized carbons (Fsp3) is 0.517. The van der Waals surface area contributed by atoms with Gasteiger partial charge >= 0.3 is 13.7 Å². The first kappa shape index (κ1) is 32.1. The SMILES string of the molecule is C#C[C@]1(O)[C@H](n2cnc3c(OCC)nc(N)nc32)O[C@]2(F)[C@@H](O[P@](=O)(NC(C)C(=O)OC3CCCCC3)Oc3ccccc3)[C@]12O. The summed E-state index contributed by atoms with van der Waals surface area (Å²) in [5, 5.41) is 25.7. The Morgan fingerprint density at radius 1 is 1.28 bits per heavy atom. The van der Waals surface area contributed by atoms with E-state index in [9.17, 15) is 19.6 Å². The molecular weight excluding hydrogens is 626 g/mol. The van der Waals surface area contributed by atoms with Gasteiger partial charge in [-0.2, -0.15) is 15.1 Å². The Bertz CT molecular complexity index is 1720. The van der Waals surface area contributed by atoms with E-state index in [4.69, 9.17) is 35.4 Å². The van der Waals surface area contributed by atoms with E-state index in [1.165, 1.54) is 19.1 Å². The molecule has 0 amide bonds. The quantitative estimate of drug-likeness (QED) is 0.133. The number of alkyl halides is 1. The van der Waals surface area contributed by atoms with Crippen molar-refractivity contribution in [3.63, 3.8) is 0 Å². The third-order valence-electron chi connectivity index (χ3n) is 8.29. The van der Waals surface area contributed by atoms with Gasteiger partial charge in [-0.25, -0.2) is 13.9 Å². The molecule has 3 heterocycles. The zero-order chi connectivity index (χ0) is 32.9. The summed E-state index contributed by atoms with van der Waals surface area (Å²) in [5.41, 5.74) is 0.0790. The maximum atomic E-state index is 16.5. The molecule has 46 heavy (non-hydrogen) atoms. The molecule has 2 aromatic heterocycles. The first-order valence-corrected chi connectivity index (χ1v) is 16.4. The average molecular weight is 661 g/mol. The van der Waals surface area contributed by atoms with Crippen LogP contribution in [0.4, 0.5) is 10.3 Å². The van der Waals surface area contributed by atoms with Crippen LogP contribution in [-0.2, 0) is 23.4 Å². The van der Waals surface area contributed by atoms with Crippen molar-refractivity contribution in [2.45, 2.75) is 87.5 Å². The number of esters is 1. The number of fused-ring (bicyclic) bond motifs is 2. The molecule has 3 aromatic rings. The van der Waals surface area contributed by atoms with Crippen molar-refractivity contribution in [2.75, 3.05) is 12.3 Å². The summed E-state index contributed by atoms with van der Waals surface area (Å²) in [6, 6.07) is 6.51. The summed E-state index contributed by atoms with van der Waals surface area (Å²) in [7, 11) is -4.73. The van der Waals surface area contributed by atoms with Gasteiger partial charge in [0, 0.05) is 0 Å². The van der Waals surface area contributed by atoms with Crippen LogP contribution in [0.25, 0.3) is 11.2 Å². The highest BCUT2D eigenvalue weighted by Gasteiger charge is 2.97. The number of nitrogens with zero attached hydrogens (tertiary/aromatic N) is 4. The van der Waals surface area contributed by atoms with E-state index in [1.54, 1.807) is 25.1 Å². The van der Waals surface area contributed by atoms with E-state index in [-0.39, 0.29) is 41.5 Å². The van der Waals surface area contributed by atoms with Crippen molar-refractivity contribution >= 4 is 30.8 Å². The third kappa shape index (κ3) is 5.17. The van der Waals surface area contributed by atoms with Crippen molar-refractivity contribution in [3.05, 3.63) is 36.7 Å². The Kier molecular flexibility index (Phi) is 8.20. The number of terminal acetylenes is 1. The van der Waals surface area contributed by atoms with Gasteiger partial charge in [0.1, 0.15) is 17.9 Å². The summed E-state index contributed by atoms with van der Waals surface area (Å²) in [6.07, 6.45) is 6.85. The number of benzene rings is 1. The van der Waals surface area contributed by atoms with Crippen LogP contribution < -0.4 is 20.1 Å². The van der Waals surface area contributed by atoms with Crippen molar-refractivity contribution in [1.29, 1.82) is 0 Å². The van der Waals surface area contributed by atoms with E-state index in [2.05, 4.69) is 20.0 Å². The number of hydrogen-bond acceptors (Lipinski definition) is 13. The summed E-state index contributed by atoms with van der Waals surface area (Å²) in [4.78, 5) is 25.2. The van der Waals surface area contributed by atoms with Crippen molar-refractivity contribution < 1.29 is 47.2 Å². The van der Waals surface area contributed by atoms with Crippen LogP contribution in [0.1, 0.15) is 52.2 Å². The average Bonchev–Trinajstić information content (AvgIpc) is 3.27. The number of nitrogens with two attached hydrogens (primary N) is 1. The minimum atomic E-state index is -4.73. The molecule has 1 aromatic carbocycles. The zero-order valence-corrected chi connectivity index (χ0v) is 25.9. The highest BCUT2D eigenvalue weighted by molar-refractivity contribution is 7.52. The lowest BCUT2D eigenvalue weighted by Crippen LogP contribution is -2.50. The van der Waals surface area contributed by atoms with E-state index in [1.807, 2.05) is 5.92 Å². The standard InChI is InChI=1S/C29H34FN6O9P/c1-4-27(38)25(36-16-32-20-21(36)33-26(31)34-22(20)41-5-2)43-29(30)24(28(27,29)39)45-46(40,44-19-14-10-7-11-15-19)35-17(3)23(37)42-18-12-8-6-9-13-18/h1,7,10-11,14-18,24-25,38-39H,5-6,8-9,12-13H2,2-3H3,(H,35,40)(H2,31,33,34)/t17?,24-,25+,27-,28-,29+,46-/m0/s1. The van der Waals surface area contributed by atoms with Crippen molar-refractivity contribution in [2.24, 2.45) is 0 Å². The second kappa shape index (κ2) is 11.8. The lowest BCUT2D eigenvalue weighted by Gasteiger charge is -2.32. The van der Waals surface area contributed by atoms with E-state index in [0.29, 0.717) is 12.8 Å². The number of ether oxygens (including phenoxy) is 3. The lowest BCUT2D eigenvalue weighted by molar-refractivity contribution is -0.165. The highest BCUT2D eigenvalue weighted by Crippen LogP contribution is 2.72. The number of aliphatic hydroxyl groups is 2. The topological polar surface area (TPSA) is 202 Å². The molecule has 1 unspecified atom stereocenters. The van der Waals surface area contributed by atoms with Gasteiger partial charge in [0.05, 0.1) is 12.9 Å². The maximum Gasteiger partial charge on any atom is 0.460 e. The van der Waals surface area contributed by atoms with Crippen LogP contribution in [0.5, 0.6) is 11.6 Å². The lowest BCUT2D eigenvalue weighted by atomic mass is 9.93. The zero-order valence-electron chi connectivity index (χ0n) is 25.0. The van der Waals surface area contributed by atoms with Crippen LogP contribution in [0.15, 0.2) is 36.7 Å². The Labute approximate surface area is 263 Å². The molecule has 6 rings (SSSR count). The molecule has 246 valence electrons. The smallest absolute Gasteiger partial charge is 0.460 e. The fourth-order valence-electron chi connectivity index (χ4n) is 5.89. The Hall–Kier alpha value is -3.84. The summed E-state index contributed by atoms with van der Waals surface area (Å²) in [5.74, 6) is -2.09. The number of hydrogen-bond donors (Lipinski definition) is 4. The minimum absolute atomic E-state index is 0.0206. The van der Waals surface area contributed by atoms with Gasteiger partial charge in [0.2, 0.25) is 23.0 Å². The molecule has 3 fully saturated rings. The number of para-hydroxylation sites is 1. The molecule has 2 aliphatic carbocycles. The number of rotatable bonds is 11. The van der Waals surface area contributed by atoms with E-state index >= 15 is 4.39 Å². The van der Waals surface area contributed by atoms with Gasteiger partial charge in [0.25, 0.3) is 5.85 Å². The molecular formula is C29H34FN6O9P.